The van der Waals surface area contributed by atoms with E-state index in [1.165, 1.54) is 0 Å². The minimum absolute atomic E-state index is 0.183. The van der Waals surface area contributed by atoms with Crippen LogP contribution in [0.4, 0.5) is 0 Å². The van der Waals surface area contributed by atoms with Crippen LogP contribution in [0.5, 0.6) is 0 Å². The first-order chi connectivity index (χ1) is 8.02. The van der Waals surface area contributed by atoms with Gasteiger partial charge in [-0.2, -0.15) is 0 Å². The van der Waals surface area contributed by atoms with Gasteiger partial charge in [0.15, 0.2) is 0 Å². The van der Waals surface area contributed by atoms with Crippen LogP contribution in [-0.2, 0) is 9.59 Å². The highest BCUT2D eigenvalue weighted by atomic mass is 16.4. The van der Waals surface area contributed by atoms with E-state index in [9.17, 15) is 9.59 Å². The summed E-state index contributed by atoms with van der Waals surface area (Å²) < 4.78 is 0. The number of rotatable bonds is 10. The standard InChI is InChI=1S/C13H24O4/c1-3-10(4-2)11(13(16)17)8-6-5-7-9-12(14)15/h10-11H,3-9H2,1-2H3,(H,14,15)(H,16,17). The Kier molecular flexibility index (Phi) is 8.46. The van der Waals surface area contributed by atoms with Crippen LogP contribution >= 0.6 is 0 Å². The monoisotopic (exact) mass is 244 g/mol. The molecule has 0 radical (unpaired) electrons. The van der Waals surface area contributed by atoms with E-state index in [4.69, 9.17) is 10.2 Å². The molecule has 0 saturated heterocycles. The van der Waals surface area contributed by atoms with Gasteiger partial charge < -0.3 is 10.2 Å². The number of unbranched alkanes of at least 4 members (excludes halogenated alkanes) is 2. The summed E-state index contributed by atoms with van der Waals surface area (Å²) in [5.74, 6) is -1.52. The molecule has 0 aliphatic carbocycles. The third-order valence-corrected chi connectivity index (χ3v) is 3.34. The Balaban J connectivity index is 3.93. The topological polar surface area (TPSA) is 74.6 Å². The van der Waals surface area contributed by atoms with Crippen LogP contribution < -0.4 is 0 Å². The van der Waals surface area contributed by atoms with E-state index >= 15 is 0 Å². The lowest BCUT2D eigenvalue weighted by Gasteiger charge is -2.21. The van der Waals surface area contributed by atoms with E-state index in [0.717, 1.165) is 25.7 Å². The van der Waals surface area contributed by atoms with Crippen LogP contribution in [-0.4, -0.2) is 22.2 Å². The minimum Gasteiger partial charge on any atom is -0.481 e. The smallest absolute Gasteiger partial charge is 0.306 e. The van der Waals surface area contributed by atoms with Crippen molar-refractivity contribution in [3.8, 4) is 0 Å². The zero-order valence-electron chi connectivity index (χ0n) is 10.8. The Morgan fingerprint density at radius 3 is 2.00 bits per heavy atom. The van der Waals surface area contributed by atoms with Crippen molar-refractivity contribution in [2.24, 2.45) is 11.8 Å². The van der Waals surface area contributed by atoms with E-state index in [2.05, 4.69) is 0 Å². The summed E-state index contributed by atoms with van der Waals surface area (Å²) in [7, 11) is 0. The molecule has 4 nitrogen and oxygen atoms in total. The van der Waals surface area contributed by atoms with Crippen molar-refractivity contribution in [3.63, 3.8) is 0 Å². The molecule has 0 amide bonds. The summed E-state index contributed by atoms with van der Waals surface area (Å²) in [5.41, 5.74) is 0. The number of hydrogen-bond acceptors (Lipinski definition) is 2. The molecule has 0 saturated carbocycles. The Bertz CT molecular complexity index is 234. The molecule has 0 rings (SSSR count). The molecule has 1 atom stereocenters. The van der Waals surface area contributed by atoms with E-state index in [-0.39, 0.29) is 18.3 Å². The number of carbonyl (C=O) groups is 2. The zero-order chi connectivity index (χ0) is 13.3. The van der Waals surface area contributed by atoms with Crippen LogP contribution in [0.1, 0.15) is 58.8 Å². The van der Waals surface area contributed by atoms with Gasteiger partial charge in [-0.1, -0.05) is 39.5 Å². The molecule has 0 bridgehead atoms. The van der Waals surface area contributed by atoms with Gasteiger partial charge in [0.05, 0.1) is 5.92 Å². The Labute approximate surface area is 103 Å². The first-order valence-corrected chi connectivity index (χ1v) is 6.47. The molecule has 100 valence electrons. The van der Waals surface area contributed by atoms with Crippen molar-refractivity contribution >= 4 is 11.9 Å². The van der Waals surface area contributed by atoms with Crippen molar-refractivity contribution in [3.05, 3.63) is 0 Å². The fourth-order valence-corrected chi connectivity index (χ4v) is 2.24. The molecule has 0 spiro atoms. The molecule has 17 heavy (non-hydrogen) atoms. The predicted octanol–water partition coefficient (Wildman–Crippen LogP) is 3.16. The van der Waals surface area contributed by atoms with Crippen LogP contribution in [0, 0.1) is 11.8 Å². The molecule has 0 aromatic rings. The molecular weight excluding hydrogens is 220 g/mol. The molecule has 2 N–H and O–H groups in total. The second-order valence-electron chi connectivity index (χ2n) is 4.51. The van der Waals surface area contributed by atoms with Gasteiger partial charge in [0, 0.05) is 6.42 Å². The average Bonchev–Trinajstić information content (AvgIpc) is 2.26. The average molecular weight is 244 g/mol. The van der Waals surface area contributed by atoms with Gasteiger partial charge in [-0.25, -0.2) is 0 Å². The third-order valence-electron chi connectivity index (χ3n) is 3.34. The number of carboxylic acids is 2. The summed E-state index contributed by atoms with van der Waals surface area (Å²) in [6.45, 7) is 4.04. The van der Waals surface area contributed by atoms with Gasteiger partial charge >= 0.3 is 11.9 Å². The maximum Gasteiger partial charge on any atom is 0.306 e. The SMILES string of the molecule is CCC(CC)C(CCCCCC(=O)O)C(=O)O. The summed E-state index contributed by atoms with van der Waals surface area (Å²) >= 11 is 0. The maximum atomic E-state index is 11.1. The Morgan fingerprint density at radius 1 is 1.00 bits per heavy atom. The van der Waals surface area contributed by atoms with Crippen molar-refractivity contribution in [1.82, 2.24) is 0 Å². The summed E-state index contributed by atoms with van der Waals surface area (Å²) in [4.78, 5) is 21.4. The highest BCUT2D eigenvalue weighted by Gasteiger charge is 2.24. The van der Waals surface area contributed by atoms with E-state index < -0.39 is 11.9 Å². The molecule has 1 unspecified atom stereocenters. The van der Waals surface area contributed by atoms with Gasteiger partial charge in [0.2, 0.25) is 0 Å². The Morgan fingerprint density at radius 2 is 1.59 bits per heavy atom. The first-order valence-electron chi connectivity index (χ1n) is 6.47. The molecule has 0 aliphatic rings. The Hall–Kier alpha value is -1.06. The zero-order valence-corrected chi connectivity index (χ0v) is 10.8. The number of carboxylic acid groups (broad SMARTS) is 2. The van der Waals surface area contributed by atoms with Crippen molar-refractivity contribution in [2.75, 3.05) is 0 Å². The number of hydrogen-bond donors (Lipinski definition) is 2. The van der Waals surface area contributed by atoms with Gasteiger partial charge in [-0.05, 0) is 18.8 Å². The number of aliphatic carboxylic acids is 2. The maximum absolute atomic E-state index is 11.1. The molecule has 4 heteroatoms. The van der Waals surface area contributed by atoms with E-state index in [0.29, 0.717) is 12.8 Å². The molecule has 0 aliphatic heterocycles. The summed E-state index contributed by atoms with van der Waals surface area (Å²) in [6, 6.07) is 0. The fourth-order valence-electron chi connectivity index (χ4n) is 2.24. The van der Waals surface area contributed by atoms with Crippen molar-refractivity contribution in [1.29, 1.82) is 0 Å². The van der Waals surface area contributed by atoms with Crippen LogP contribution in [0.25, 0.3) is 0 Å². The quantitative estimate of drug-likeness (QED) is 0.579. The van der Waals surface area contributed by atoms with Crippen LogP contribution in [0.3, 0.4) is 0 Å². The lowest BCUT2D eigenvalue weighted by Crippen LogP contribution is -2.22. The molecule has 0 aromatic heterocycles. The predicted molar refractivity (Wildman–Crippen MR) is 65.9 cm³/mol. The summed E-state index contributed by atoms with van der Waals surface area (Å²) in [5, 5.41) is 17.6. The normalized spacial score (nSPS) is 12.6. The minimum atomic E-state index is -0.778. The fraction of sp³-hybridized carbons (Fsp3) is 0.846. The van der Waals surface area contributed by atoms with Crippen molar-refractivity contribution in [2.45, 2.75) is 58.8 Å². The third kappa shape index (κ3) is 6.97. The second-order valence-corrected chi connectivity index (χ2v) is 4.51. The van der Waals surface area contributed by atoms with E-state index in [1.807, 2.05) is 13.8 Å². The molecular formula is C13H24O4. The van der Waals surface area contributed by atoms with Gasteiger partial charge in [0.25, 0.3) is 0 Å². The first kappa shape index (κ1) is 15.9. The van der Waals surface area contributed by atoms with Crippen LogP contribution in [0.15, 0.2) is 0 Å². The highest BCUT2D eigenvalue weighted by Crippen LogP contribution is 2.25. The van der Waals surface area contributed by atoms with E-state index in [1.54, 1.807) is 0 Å². The van der Waals surface area contributed by atoms with Gasteiger partial charge in [0.1, 0.15) is 0 Å². The van der Waals surface area contributed by atoms with Crippen molar-refractivity contribution < 1.29 is 19.8 Å². The van der Waals surface area contributed by atoms with Gasteiger partial charge in [-0.3, -0.25) is 9.59 Å². The largest absolute Gasteiger partial charge is 0.481 e. The molecule has 0 heterocycles. The lowest BCUT2D eigenvalue weighted by atomic mass is 9.84. The molecule has 0 fully saturated rings. The van der Waals surface area contributed by atoms with Crippen LogP contribution in [0.2, 0.25) is 0 Å². The molecule has 0 aromatic carbocycles. The highest BCUT2D eigenvalue weighted by molar-refractivity contribution is 5.70. The summed E-state index contributed by atoms with van der Waals surface area (Å²) in [6.07, 6.45) is 4.89. The second kappa shape index (κ2) is 9.02. The van der Waals surface area contributed by atoms with Gasteiger partial charge in [-0.15, -0.1) is 0 Å². The lowest BCUT2D eigenvalue weighted by molar-refractivity contribution is -0.144.